The number of aryl methyl sites for hydroxylation is 1. The fourth-order valence-corrected chi connectivity index (χ4v) is 3.42. The van der Waals surface area contributed by atoms with E-state index >= 15 is 0 Å². The fourth-order valence-electron chi connectivity index (χ4n) is 3.42. The van der Waals surface area contributed by atoms with Crippen LogP contribution in [0.5, 0.6) is 0 Å². The first-order chi connectivity index (χ1) is 15.1. The first kappa shape index (κ1) is 23.2. The Bertz CT molecular complexity index is 803. The van der Waals surface area contributed by atoms with Gasteiger partial charge in [-0.05, 0) is 31.9 Å². The molecule has 0 bridgehead atoms. The number of benzene rings is 1. The normalized spacial score (nSPS) is 16.3. The lowest BCUT2D eigenvalue weighted by Crippen LogP contribution is -2.41. The van der Waals surface area contributed by atoms with E-state index in [9.17, 15) is 5.11 Å². The molecular weight excluding hydrogens is 394 g/mol. The van der Waals surface area contributed by atoms with Gasteiger partial charge >= 0.3 is 0 Å². The number of nitrogens with one attached hydrogen (secondary N) is 2. The molecule has 1 aromatic heterocycles. The molecule has 170 valence electrons. The standard InChI is InChI=1S/C22H35N7O2/c1-18-26-27-21(28(18)2)17-25-22(23-10-6-12-29-13-15-31-16-14-29)24-11-9-20(30)19-7-4-3-5-8-19/h3-5,7-8,20,30H,6,9-17H2,1-2H3,(H2,23,24,25). The Kier molecular flexibility index (Phi) is 9.26. The van der Waals surface area contributed by atoms with Crippen LogP contribution in [0.2, 0.25) is 0 Å². The van der Waals surface area contributed by atoms with Crippen LogP contribution in [-0.2, 0) is 18.3 Å². The lowest BCUT2D eigenvalue weighted by molar-refractivity contribution is 0.0376. The third kappa shape index (κ3) is 7.61. The monoisotopic (exact) mass is 429 g/mol. The van der Waals surface area contributed by atoms with Crippen LogP contribution in [0.25, 0.3) is 0 Å². The molecule has 1 fully saturated rings. The molecule has 1 atom stereocenters. The molecule has 0 radical (unpaired) electrons. The third-order valence-corrected chi connectivity index (χ3v) is 5.50. The van der Waals surface area contributed by atoms with Crippen molar-refractivity contribution in [1.82, 2.24) is 30.3 Å². The minimum absolute atomic E-state index is 0.442. The Labute approximate surface area is 184 Å². The molecular formula is C22H35N7O2. The molecule has 2 heterocycles. The zero-order valence-corrected chi connectivity index (χ0v) is 18.6. The van der Waals surface area contributed by atoms with Gasteiger partial charge < -0.3 is 25.0 Å². The molecule has 1 aliphatic heterocycles. The van der Waals surface area contributed by atoms with Crippen LogP contribution in [0.1, 0.15) is 36.2 Å². The summed E-state index contributed by atoms with van der Waals surface area (Å²) in [6.07, 6.45) is 1.12. The number of ether oxygens (including phenoxy) is 1. The molecule has 31 heavy (non-hydrogen) atoms. The first-order valence-electron chi connectivity index (χ1n) is 11.0. The Balaban J connectivity index is 1.49. The van der Waals surface area contributed by atoms with Gasteiger partial charge in [-0.2, -0.15) is 0 Å². The van der Waals surface area contributed by atoms with E-state index in [0.717, 1.165) is 69.0 Å². The van der Waals surface area contributed by atoms with Crippen LogP contribution in [0.4, 0.5) is 0 Å². The highest BCUT2D eigenvalue weighted by molar-refractivity contribution is 5.79. The maximum Gasteiger partial charge on any atom is 0.191 e. The number of aliphatic hydroxyl groups is 1. The average molecular weight is 430 g/mol. The van der Waals surface area contributed by atoms with Gasteiger partial charge in [0.2, 0.25) is 0 Å². The lowest BCUT2D eigenvalue weighted by atomic mass is 10.1. The Morgan fingerprint density at radius 3 is 2.61 bits per heavy atom. The van der Waals surface area contributed by atoms with Gasteiger partial charge in [0.05, 0.1) is 19.3 Å². The summed E-state index contributed by atoms with van der Waals surface area (Å²) >= 11 is 0. The molecule has 1 aliphatic rings. The third-order valence-electron chi connectivity index (χ3n) is 5.50. The van der Waals surface area contributed by atoms with Crippen LogP contribution < -0.4 is 10.6 Å². The Hall–Kier alpha value is -2.49. The maximum absolute atomic E-state index is 10.4. The van der Waals surface area contributed by atoms with Crippen LogP contribution in [0, 0.1) is 6.92 Å². The van der Waals surface area contributed by atoms with E-state index in [2.05, 4.69) is 30.7 Å². The van der Waals surface area contributed by atoms with Crippen molar-refractivity contribution >= 4 is 5.96 Å². The second-order valence-corrected chi connectivity index (χ2v) is 7.76. The highest BCUT2D eigenvalue weighted by Gasteiger charge is 2.11. The summed E-state index contributed by atoms with van der Waals surface area (Å²) in [6, 6.07) is 9.73. The van der Waals surface area contributed by atoms with Crippen LogP contribution >= 0.6 is 0 Å². The highest BCUT2D eigenvalue weighted by Crippen LogP contribution is 2.14. The minimum atomic E-state index is -0.502. The Morgan fingerprint density at radius 1 is 1.16 bits per heavy atom. The number of nitrogens with zero attached hydrogens (tertiary/aromatic N) is 5. The number of aromatic nitrogens is 3. The van der Waals surface area contributed by atoms with E-state index in [1.54, 1.807) is 0 Å². The summed E-state index contributed by atoms with van der Waals surface area (Å²) in [5.41, 5.74) is 0.927. The summed E-state index contributed by atoms with van der Waals surface area (Å²) in [5.74, 6) is 2.41. The number of guanidine groups is 1. The lowest BCUT2D eigenvalue weighted by Gasteiger charge is -2.26. The molecule has 1 aromatic carbocycles. The second kappa shape index (κ2) is 12.4. The van der Waals surface area contributed by atoms with Gasteiger partial charge in [0.1, 0.15) is 12.4 Å². The molecule has 0 spiro atoms. The smallest absolute Gasteiger partial charge is 0.191 e. The highest BCUT2D eigenvalue weighted by atomic mass is 16.5. The minimum Gasteiger partial charge on any atom is -0.388 e. The number of hydrogen-bond acceptors (Lipinski definition) is 6. The van der Waals surface area contributed by atoms with E-state index in [1.165, 1.54) is 0 Å². The molecule has 9 nitrogen and oxygen atoms in total. The van der Waals surface area contributed by atoms with Crippen molar-refractivity contribution in [2.75, 3.05) is 45.9 Å². The number of rotatable bonds is 10. The van der Waals surface area contributed by atoms with Crippen molar-refractivity contribution in [1.29, 1.82) is 0 Å². The summed E-state index contributed by atoms with van der Waals surface area (Å²) < 4.78 is 7.35. The molecule has 1 unspecified atom stereocenters. The van der Waals surface area contributed by atoms with Crippen LogP contribution in [0.15, 0.2) is 35.3 Å². The van der Waals surface area contributed by atoms with Gasteiger partial charge in [-0.15, -0.1) is 10.2 Å². The fraction of sp³-hybridized carbons (Fsp3) is 0.591. The summed E-state index contributed by atoms with van der Waals surface area (Å²) in [4.78, 5) is 7.10. The van der Waals surface area contributed by atoms with Crippen molar-refractivity contribution in [3.63, 3.8) is 0 Å². The van der Waals surface area contributed by atoms with E-state index in [-0.39, 0.29) is 0 Å². The molecule has 0 amide bonds. The summed E-state index contributed by atoms with van der Waals surface area (Å²) in [5, 5.41) is 25.4. The molecule has 9 heteroatoms. The Morgan fingerprint density at radius 2 is 1.90 bits per heavy atom. The van der Waals surface area contributed by atoms with Gasteiger partial charge in [-0.1, -0.05) is 30.3 Å². The quantitative estimate of drug-likeness (QED) is 0.294. The average Bonchev–Trinajstić information content (AvgIpc) is 3.13. The van der Waals surface area contributed by atoms with Crippen molar-refractivity contribution in [3.8, 4) is 0 Å². The van der Waals surface area contributed by atoms with Gasteiger partial charge in [-0.3, -0.25) is 4.90 Å². The first-order valence-corrected chi connectivity index (χ1v) is 11.0. The predicted molar refractivity (Wildman–Crippen MR) is 121 cm³/mol. The van der Waals surface area contributed by atoms with Crippen LogP contribution in [0.3, 0.4) is 0 Å². The largest absolute Gasteiger partial charge is 0.388 e. The topological polar surface area (TPSA) is 99.8 Å². The van der Waals surface area contributed by atoms with Gasteiger partial charge in [0.15, 0.2) is 11.8 Å². The van der Waals surface area contributed by atoms with E-state index in [0.29, 0.717) is 19.5 Å². The van der Waals surface area contributed by atoms with E-state index < -0.39 is 6.10 Å². The summed E-state index contributed by atoms with van der Waals surface area (Å²) in [7, 11) is 1.94. The number of hydrogen-bond donors (Lipinski definition) is 3. The zero-order chi connectivity index (χ0) is 21.9. The molecule has 3 rings (SSSR count). The van der Waals surface area contributed by atoms with E-state index in [4.69, 9.17) is 4.74 Å². The molecule has 0 aliphatic carbocycles. The zero-order valence-electron chi connectivity index (χ0n) is 18.6. The van der Waals surface area contributed by atoms with Crippen LogP contribution in [-0.4, -0.2) is 76.7 Å². The van der Waals surface area contributed by atoms with Gasteiger partial charge in [0.25, 0.3) is 0 Å². The predicted octanol–water partition coefficient (Wildman–Crippen LogP) is 1.00. The molecule has 2 aromatic rings. The van der Waals surface area contributed by atoms with Crippen molar-refractivity contribution in [3.05, 3.63) is 47.5 Å². The maximum atomic E-state index is 10.4. The van der Waals surface area contributed by atoms with Crippen molar-refractivity contribution in [2.45, 2.75) is 32.4 Å². The SMILES string of the molecule is Cc1nnc(CN=C(NCCCN2CCOCC2)NCCC(O)c2ccccc2)n1C. The summed E-state index contributed by atoms with van der Waals surface area (Å²) in [6.45, 7) is 8.49. The molecule has 1 saturated heterocycles. The number of morpholine rings is 1. The molecule has 0 saturated carbocycles. The van der Waals surface area contributed by atoms with Gasteiger partial charge in [-0.25, -0.2) is 4.99 Å². The number of aliphatic imine (C=N–C) groups is 1. The van der Waals surface area contributed by atoms with Gasteiger partial charge in [0, 0.05) is 33.2 Å². The van der Waals surface area contributed by atoms with Crippen molar-refractivity contribution in [2.24, 2.45) is 12.0 Å². The number of aliphatic hydroxyl groups excluding tert-OH is 1. The van der Waals surface area contributed by atoms with Crippen molar-refractivity contribution < 1.29 is 9.84 Å². The second-order valence-electron chi connectivity index (χ2n) is 7.76. The van der Waals surface area contributed by atoms with E-state index in [1.807, 2.05) is 48.9 Å². The molecule has 3 N–H and O–H groups in total.